The van der Waals surface area contributed by atoms with E-state index in [9.17, 15) is 0 Å². The molecule has 0 saturated heterocycles. The predicted octanol–water partition coefficient (Wildman–Crippen LogP) is -1.92. The number of hydrogen-bond donors (Lipinski definition) is 3. The van der Waals surface area contributed by atoms with Gasteiger partial charge >= 0.3 is 7.12 Å². The second-order valence-corrected chi connectivity index (χ2v) is 3.19. The predicted molar refractivity (Wildman–Crippen MR) is 50.2 cm³/mol. The van der Waals surface area contributed by atoms with Crippen molar-refractivity contribution in [3.05, 3.63) is 5.82 Å². The molecule has 3 N–H and O–H groups in total. The minimum absolute atomic E-state index is 0.259. The third-order valence-corrected chi connectivity index (χ3v) is 1.82. The van der Waals surface area contributed by atoms with Crippen LogP contribution in [0.1, 0.15) is 12.2 Å². The largest absolute Gasteiger partial charge is 0.466 e. The molecule has 0 amide bonds. The number of aryl methyl sites for hydroxylation is 1. The van der Waals surface area contributed by atoms with Crippen LogP contribution in [0.5, 0.6) is 0 Å². The highest BCUT2D eigenvalue weighted by Gasteiger charge is 2.10. The monoisotopic (exact) mass is 199 g/mol. The summed E-state index contributed by atoms with van der Waals surface area (Å²) in [6, 6.07) is 0. The Hall–Kier alpha value is -0.985. The third-order valence-electron chi connectivity index (χ3n) is 1.82. The van der Waals surface area contributed by atoms with Crippen molar-refractivity contribution in [3.8, 4) is 0 Å². The van der Waals surface area contributed by atoms with Gasteiger partial charge in [0.1, 0.15) is 5.82 Å². The van der Waals surface area contributed by atoms with Gasteiger partial charge < -0.3 is 14.9 Å². The van der Waals surface area contributed by atoms with Crippen molar-refractivity contribution in [3.63, 3.8) is 0 Å². The number of aromatic amines is 1. The summed E-state index contributed by atoms with van der Waals surface area (Å²) < 4.78 is 0. The fraction of sp³-hybridized carbons (Fsp3) is 0.833. The van der Waals surface area contributed by atoms with Crippen molar-refractivity contribution in [2.75, 3.05) is 20.0 Å². The summed E-state index contributed by atoms with van der Waals surface area (Å²) in [5, 5.41) is 30.7. The summed E-state index contributed by atoms with van der Waals surface area (Å²) in [7, 11) is 0.560. The first-order valence-electron chi connectivity index (χ1n) is 4.46. The Bertz CT molecular complexity index is 242. The molecular formula is C6H14BN5O2. The first-order valence-corrected chi connectivity index (χ1v) is 4.46. The lowest BCUT2D eigenvalue weighted by atomic mass is 9.91. The maximum atomic E-state index is 8.68. The molecule has 1 aromatic rings. The van der Waals surface area contributed by atoms with Gasteiger partial charge in [-0.15, -0.1) is 5.10 Å². The van der Waals surface area contributed by atoms with E-state index in [0.29, 0.717) is 0 Å². The molecule has 1 heterocycles. The van der Waals surface area contributed by atoms with E-state index in [1.165, 1.54) is 0 Å². The number of nitrogens with zero attached hydrogens (tertiary/aromatic N) is 4. The summed E-state index contributed by atoms with van der Waals surface area (Å²) in [5.41, 5.74) is 0. The van der Waals surface area contributed by atoms with Gasteiger partial charge in [0.15, 0.2) is 0 Å². The van der Waals surface area contributed by atoms with E-state index >= 15 is 0 Å². The molecule has 0 bridgehead atoms. The standard InChI is InChI=1S/C6H14BN5O2/c1-12(5-7(13)14)4-2-3-6-8-10-11-9-6/h13-14H,2-5H2,1H3,(H,8,9,10,11). The fourth-order valence-electron chi connectivity index (χ4n) is 1.17. The summed E-state index contributed by atoms with van der Waals surface area (Å²) >= 11 is 0. The van der Waals surface area contributed by atoms with Crippen molar-refractivity contribution < 1.29 is 10.0 Å². The highest BCUT2D eigenvalue weighted by atomic mass is 16.4. The van der Waals surface area contributed by atoms with Crippen LogP contribution in [-0.4, -0.2) is 62.7 Å². The highest BCUT2D eigenvalue weighted by Crippen LogP contribution is 1.94. The lowest BCUT2D eigenvalue weighted by molar-refractivity contribution is 0.317. The van der Waals surface area contributed by atoms with E-state index in [-0.39, 0.29) is 6.44 Å². The molecule has 14 heavy (non-hydrogen) atoms. The first kappa shape index (κ1) is 11.1. The molecule has 7 nitrogen and oxygen atoms in total. The minimum atomic E-state index is -1.27. The van der Waals surface area contributed by atoms with E-state index in [4.69, 9.17) is 10.0 Å². The Labute approximate surface area is 82.3 Å². The van der Waals surface area contributed by atoms with Gasteiger partial charge in [-0.25, -0.2) is 5.10 Å². The molecule has 0 atom stereocenters. The number of nitrogens with one attached hydrogen (secondary N) is 1. The summed E-state index contributed by atoms with van der Waals surface area (Å²) in [6.07, 6.45) is 1.90. The van der Waals surface area contributed by atoms with Crippen LogP contribution in [-0.2, 0) is 6.42 Å². The van der Waals surface area contributed by atoms with Gasteiger partial charge in [-0.3, -0.25) is 0 Å². The van der Waals surface area contributed by atoms with Crippen LogP contribution in [0.15, 0.2) is 0 Å². The molecule has 0 fully saturated rings. The van der Waals surface area contributed by atoms with E-state index < -0.39 is 7.12 Å². The molecule has 1 rings (SSSR count). The molecule has 0 radical (unpaired) electrons. The number of tetrazole rings is 1. The average Bonchev–Trinajstić information content (AvgIpc) is 2.55. The van der Waals surface area contributed by atoms with Gasteiger partial charge in [-0.05, 0) is 30.4 Å². The molecule has 0 aliphatic heterocycles. The molecule has 0 saturated carbocycles. The van der Waals surface area contributed by atoms with Crippen LogP contribution in [0.2, 0.25) is 0 Å². The van der Waals surface area contributed by atoms with E-state index in [0.717, 1.165) is 25.2 Å². The topological polar surface area (TPSA) is 98.2 Å². The highest BCUT2D eigenvalue weighted by molar-refractivity contribution is 6.41. The number of aromatic nitrogens is 4. The second kappa shape index (κ2) is 5.68. The molecule has 0 aromatic carbocycles. The molecule has 0 unspecified atom stereocenters. The number of rotatable bonds is 6. The number of hydrogen-bond acceptors (Lipinski definition) is 6. The van der Waals surface area contributed by atoms with E-state index in [1.807, 2.05) is 11.9 Å². The summed E-state index contributed by atoms with van der Waals surface area (Å²) in [6.45, 7) is 0.776. The fourth-order valence-corrected chi connectivity index (χ4v) is 1.17. The Morgan fingerprint density at radius 3 is 2.86 bits per heavy atom. The zero-order chi connectivity index (χ0) is 10.4. The molecular weight excluding hydrogens is 185 g/mol. The smallest absolute Gasteiger partial charge is 0.426 e. The SMILES string of the molecule is CN(CCCc1nnn[nH]1)CB(O)O. The van der Waals surface area contributed by atoms with Gasteiger partial charge in [0, 0.05) is 12.9 Å². The Kier molecular flexibility index (Phi) is 4.50. The van der Waals surface area contributed by atoms with Crippen LogP contribution in [0.3, 0.4) is 0 Å². The van der Waals surface area contributed by atoms with Gasteiger partial charge in [-0.1, -0.05) is 0 Å². The van der Waals surface area contributed by atoms with Crippen molar-refractivity contribution in [1.29, 1.82) is 0 Å². The van der Waals surface area contributed by atoms with Crippen LogP contribution < -0.4 is 0 Å². The average molecular weight is 199 g/mol. The van der Waals surface area contributed by atoms with Crippen molar-refractivity contribution in [1.82, 2.24) is 25.5 Å². The van der Waals surface area contributed by atoms with E-state index in [2.05, 4.69) is 20.6 Å². The molecule has 1 aromatic heterocycles. The van der Waals surface area contributed by atoms with Crippen molar-refractivity contribution in [2.24, 2.45) is 0 Å². The van der Waals surface area contributed by atoms with Crippen LogP contribution >= 0.6 is 0 Å². The maximum Gasteiger partial charge on any atom is 0.466 e. The van der Waals surface area contributed by atoms with Crippen LogP contribution in [0.4, 0.5) is 0 Å². The lowest BCUT2D eigenvalue weighted by Crippen LogP contribution is -2.33. The summed E-state index contributed by atoms with van der Waals surface area (Å²) in [5.74, 6) is 0.753. The summed E-state index contributed by atoms with van der Waals surface area (Å²) in [4.78, 5) is 1.84. The molecule has 0 aliphatic rings. The van der Waals surface area contributed by atoms with Gasteiger partial charge in [0.2, 0.25) is 0 Å². The molecule has 78 valence electrons. The molecule has 8 heteroatoms. The lowest BCUT2D eigenvalue weighted by Gasteiger charge is -2.14. The Balaban J connectivity index is 2.09. The zero-order valence-corrected chi connectivity index (χ0v) is 8.09. The normalized spacial score (nSPS) is 10.9. The Morgan fingerprint density at radius 1 is 1.50 bits per heavy atom. The first-order chi connectivity index (χ1) is 6.68. The Morgan fingerprint density at radius 2 is 2.29 bits per heavy atom. The van der Waals surface area contributed by atoms with Crippen LogP contribution in [0, 0.1) is 0 Å². The van der Waals surface area contributed by atoms with E-state index in [1.54, 1.807) is 0 Å². The van der Waals surface area contributed by atoms with Gasteiger partial charge in [0.05, 0.1) is 0 Å². The maximum absolute atomic E-state index is 8.68. The second-order valence-electron chi connectivity index (χ2n) is 3.19. The molecule has 0 aliphatic carbocycles. The zero-order valence-electron chi connectivity index (χ0n) is 8.09. The quantitative estimate of drug-likeness (QED) is 0.462. The van der Waals surface area contributed by atoms with Crippen LogP contribution in [0.25, 0.3) is 0 Å². The third kappa shape index (κ3) is 4.31. The van der Waals surface area contributed by atoms with Crippen molar-refractivity contribution in [2.45, 2.75) is 12.8 Å². The minimum Gasteiger partial charge on any atom is -0.426 e. The number of H-pyrrole nitrogens is 1. The molecule has 0 spiro atoms. The van der Waals surface area contributed by atoms with Crippen molar-refractivity contribution >= 4 is 7.12 Å². The van der Waals surface area contributed by atoms with Gasteiger partial charge in [-0.2, -0.15) is 0 Å². The van der Waals surface area contributed by atoms with Gasteiger partial charge in [0.25, 0.3) is 0 Å².